The Morgan fingerprint density at radius 3 is 2.46 bits per heavy atom. The van der Waals surface area contributed by atoms with Gasteiger partial charge in [0.15, 0.2) is 5.96 Å². The van der Waals surface area contributed by atoms with Crippen molar-refractivity contribution in [2.24, 2.45) is 4.99 Å². The van der Waals surface area contributed by atoms with E-state index < -0.39 is 0 Å². The second kappa shape index (κ2) is 16.3. The number of unbranched alkanes of at least 4 members (excludes halogenated alkanes) is 1. The minimum absolute atomic E-state index is 0.655. The zero-order valence-electron chi connectivity index (χ0n) is 17.3. The maximum absolute atomic E-state index is 5.55. The van der Waals surface area contributed by atoms with Gasteiger partial charge in [0.2, 0.25) is 0 Å². The van der Waals surface area contributed by atoms with Crippen LogP contribution < -0.4 is 10.6 Å². The number of rotatable bonds is 13. The molecule has 0 spiro atoms. The molecule has 0 aromatic heterocycles. The van der Waals surface area contributed by atoms with Crippen LogP contribution in [0.2, 0.25) is 0 Å². The number of ether oxygens (including phenoxy) is 2. The Bertz CT molecular complexity index is 355. The molecule has 1 aliphatic heterocycles. The summed E-state index contributed by atoms with van der Waals surface area (Å²) >= 11 is 0. The standard InChI is InChI=1S/C19H41N5O2/c1-4-5-15-25-17-18-26-16-9-22-19(20-2)21-8-6-11-24-12-7-10-23(3)13-14-24/h4-18H2,1-3H3,(H2,20,21,22). The molecule has 0 unspecified atom stereocenters. The summed E-state index contributed by atoms with van der Waals surface area (Å²) < 4.78 is 11.0. The van der Waals surface area contributed by atoms with E-state index in [1.165, 1.54) is 39.0 Å². The third-order valence-electron chi connectivity index (χ3n) is 4.53. The van der Waals surface area contributed by atoms with Gasteiger partial charge in [-0.15, -0.1) is 0 Å². The number of hydrogen-bond donors (Lipinski definition) is 2. The van der Waals surface area contributed by atoms with Gasteiger partial charge in [0.05, 0.1) is 19.8 Å². The van der Waals surface area contributed by atoms with Gasteiger partial charge in [-0.3, -0.25) is 4.99 Å². The Labute approximate surface area is 160 Å². The monoisotopic (exact) mass is 371 g/mol. The van der Waals surface area contributed by atoms with Gasteiger partial charge >= 0.3 is 0 Å². The van der Waals surface area contributed by atoms with Crippen LogP contribution in [0.3, 0.4) is 0 Å². The highest BCUT2D eigenvalue weighted by molar-refractivity contribution is 5.79. The van der Waals surface area contributed by atoms with Crippen molar-refractivity contribution in [3.05, 3.63) is 0 Å². The minimum atomic E-state index is 0.655. The molecule has 2 N–H and O–H groups in total. The maximum atomic E-state index is 5.55. The number of nitrogens with zero attached hydrogens (tertiary/aromatic N) is 3. The molecule has 0 amide bonds. The van der Waals surface area contributed by atoms with E-state index in [1.54, 1.807) is 0 Å². The normalized spacial score (nSPS) is 17.3. The van der Waals surface area contributed by atoms with Crippen LogP contribution in [-0.4, -0.2) is 102 Å². The first-order valence-electron chi connectivity index (χ1n) is 10.3. The first-order valence-corrected chi connectivity index (χ1v) is 10.3. The molecule has 0 radical (unpaired) electrons. The fourth-order valence-corrected chi connectivity index (χ4v) is 2.86. The zero-order chi connectivity index (χ0) is 18.9. The van der Waals surface area contributed by atoms with Crippen molar-refractivity contribution in [1.29, 1.82) is 0 Å². The van der Waals surface area contributed by atoms with Crippen molar-refractivity contribution in [3.63, 3.8) is 0 Å². The quantitative estimate of drug-likeness (QED) is 0.286. The van der Waals surface area contributed by atoms with Crippen LogP contribution in [0.25, 0.3) is 0 Å². The van der Waals surface area contributed by atoms with Gasteiger partial charge in [-0.2, -0.15) is 0 Å². The van der Waals surface area contributed by atoms with Crippen molar-refractivity contribution in [3.8, 4) is 0 Å². The number of nitrogens with one attached hydrogen (secondary N) is 2. The summed E-state index contributed by atoms with van der Waals surface area (Å²) in [5.41, 5.74) is 0. The van der Waals surface area contributed by atoms with E-state index in [9.17, 15) is 0 Å². The van der Waals surface area contributed by atoms with Crippen molar-refractivity contribution < 1.29 is 9.47 Å². The first-order chi connectivity index (χ1) is 12.8. The van der Waals surface area contributed by atoms with E-state index in [-0.39, 0.29) is 0 Å². The molecule has 1 aliphatic rings. The molecule has 0 atom stereocenters. The molecule has 0 aromatic rings. The third kappa shape index (κ3) is 12.5. The highest BCUT2D eigenvalue weighted by atomic mass is 16.5. The van der Waals surface area contributed by atoms with E-state index in [2.05, 4.69) is 39.4 Å². The fourth-order valence-electron chi connectivity index (χ4n) is 2.86. The van der Waals surface area contributed by atoms with Crippen LogP contribution in [0, 0.1) is 0 Å². The summed E-state index contributed by atoms with van der Waals surface area (Å²) in [6.07, 6.45) is 4.71. The molecule has 0 aliphatic carbocycles. The Morgan fingerprint density at radius 2 is 1.69 bits per heavy atom. The lowest BCUT2D eigenvalue weighted by Crippen LogP contribution is -2.40. The summed E-state index contributed by atoms with van der Waals surface area (Å²) in [5, 5.41) is 6.67. The van der Waals surface area contributed by atoms with Gasteiger partial charge in [-0.1, -0.05) is 13.3 Å². The first kappa shape index (κ1) is 23.1. The molecular formula is C19H41N5O2. The summed E-state index contributed by atoms with van der Waals surface area (Å²) in [5.74, 6) is 0.850. The molecule has 0 saturated carbocycles. The van der Waals surface area contributed by atoms with Crippen LogP contribution >= 0.6 is 0 Å². The molecule has 7 heteroatoms. The molecule has 1 fully saturated rings. The van der Waals surface area contributed by atoms with Crippen LogP contribution in [0.1, 0.15) is 32.6 Å². The maximum Gasteiger partial charge on any atom is 0.191 e. The van der Waals surface area contributed by atoms with Crippen molar-refractivity contribution in [2.75, 3.05) is 86.3 Å². The average molecular weight is 372 g/mol. The summed E-state index contributed by atoms with van der Waals surface area (Å²) in [4.78, 5) is 9.25. The highest BCUT2D eigenvalue weighted by Gasteiger charge is 2.11. The molecule has 1 saturated heterocycles. The van der Waals surface area contributed by atoms with Gasteiger partial charge < -0.3 is 29.9 Å². The van der Waals surface area contributed by atoms with Crippen molar-refractivity contribution in [1.82, 2.24) is 20.4 Å². The third-order valence-corrected chi connectivity index (χ3v) is 4.53. The fraction of sp³-hybridized carbons (Fsp3) is 0.947. The smallest absolute Gasteiger partial charge is 0.191 e. The Kier molecular flexibility index (Phi) is 14.5. The Morgan fingerprint density at radius 1 is 0.923 bits per heavy atom. The van der Waals surface area contributed by atoms with E-state index in [4.69, 9.17) is 9.47 Å². The molecule has 0 bridgehead atoms. The lowest BCUT2D eigenvalue weighted by molar-refractivity contribution is 0.0487. The van der Waals surface area contributed by atoms with Gasteiger partial charge in [0, 0.05) is 39.8 Å². The van der Waals surface area contributed by atoms with Crippen LogP contribution in [0.15, 0.2) is 4.99 Å². The highest BCUT2D eigenvalue weighted by Crippen LogP contribution is 2.01. The minimum Gasteiger partial charge on any atom is -0.379 e. The summed E-state index contributed by atoms with van der Waals surface area (Å²) in [6.45, 7) is 12.7. The molecule has 26 heavy (non-hydrogen) atoms. The Hall–Kier alpha value is -0.890. The zero-order valence-corrected chi connectivity index (χ0v) is 17.3. The van der Waals surface area contributed by atoms with Crippen LogP contribution in [0.4, 0.5) is 0 Å². The van der Waals surface area contributed by atoms with E-state index in [0.29, 0.717) is 19.8 Å². The molecule has 7 nitrogen and oxygen atoms in total. The number of hydrogen-bond acceptors (Lipinski definition) is 5. The molecule has 154 valence electrons. The average Bonchev–Trinajstić information content (AvgIpc) is 2.86. The number of aliphatic imine (C=N–C) groups is 1. The van der Waals surface area contributed by atoms with E-state index >= 15 is 0 Å². The van der Waals surface area contributed by atoms with E-state index in [0.717, 1.165) is 45.0 Å². The van der Waals surface area contributed by atoms with Crippen LogP contribution in [-0.2, 0) is 9.47 Å². The number of guanidine groups is 1. The SMILES string of the molecule is CCCCOCCOCCNC(=NC)NCCCN1CCCN(C)CC1. The van der Waals surface area contributed by atoms with E-state index in [1.807, 2.05) is 7.05 Å². The molecule has 1 rings (SSSR count). The molecule has 1 heterocycles. The molecule has 0 aromatic carbocycles. The number of likely N-dealkylation sites (N-methyl/N-ethyl adjacent to an activating group) is 1. The van der Waals surface area contributed by atoms with Gasteiger partial charge in [-0.25, -0.2) is 0 Å². The Balaban J connectivity index is 1.95. The topological polar surface area (TPSA) is 61.4 Å². The predicted molar refractivity (Wildman–Crippen MR) is 109 cm³/mol. The van der Waals surface area contributed by atoms with Gasteiger partial charge in [-0.05, 0) is 45.9 Å². The lowest BCUT2D eigenvalue weighted by Gasteiger charge is -2.20. The second-order valence-electron chi connectivity index (χ2n) is 6.86. The second-order valence-corrected chi connectivity index (χ2v) is 6.86. The van der Waals surface area contributed by atoms with Gasteiger partial charge in [0.1, 0.15) is 0 Å². The van der Waals surface area contributed by atoms with Crippen molar-refractivity contribution in [2.45, 2.75) is 32.6 Å². The van der Waals surface area contributed by atoms with Gasteiger partial charge in [0.25, 0.3) is 0 Å². The lowest BCUT2D eigenvalue weighted by atomic mass is 10.3. The summed E-state index contributed by atoms with van der Waals surface area (Å²) in [7, 11) is 4.02. The predicted octanol–water partition coefficient (Wildman–Crippen LogP) is 1.01. The molecular weight excluding hydrogens is 330 g/mol. The van der Waals surface area contributed by atoms with Crippen molar-refractivity contribution >= 4 is 5.96 Å². The van der Waals surface area contributed by atoms with Crippen LogP contribution in [0.5, 0.6) is 0 Å². The largest absolute Gasteiger partial charge is 0.379 e. The summed E-state index contributed by atoms with van der Waals surface area (Å²) in [6, 6.07) is 0.